The zero-order valence-corrected chi connectivity index (χ0v) is 21.7. The third kappa shape index (κ3) is 5.10. The molecule has 2 heterocycles. The molecule has 186 valence electrons. The minimum absolute atomic E-state index is 0.0347. The van der Waals surface area contributed by atoms with E-state index in [9.17, 15) is 14.4 Å². The van der Waals surface area contributed by atoms with Crippen LogP contribution in [0.25, 0.3) is 0 Å². The summed E-state index contributed by atoms with van der Waals surface area (Å²) < 4.78 is -0.482. The fourth-order valence-corrected chi connectivity index (χ4v) is 6.59. The Hall–Kier alpha value is -2.80. The van der Waals surface area contributed by atoms with Crippen LogP contribution in [0.4, 0.5) is 0 Å². The van der Waals surface area contributed by atoms with Crippen molar-refractivity contribution in [3.63, 3.8) is 0 Å². The number of rotatable bonds is 9. The van der Waals surface area contributed by atoms with Crippen LogP contribution in [-0.4, -0.2) is 46.0 Å². The van der Waals surface area contributed by atoms with E-state index >= 15 is 0 Å². The molecule has 0 aromatic heterocycles. The molecule has 0 spiro atoms. The second-order valence-electron chi connectivity index (χ2n) is 10.0. The van der Waals surface area contributed by atoms with Crippen LogP contribution in [0.1, 0.15) is 67.4 Å². The van der Waals surface area contributed by atoms with Crippen molar-refractivity contribution < 1.29 is 14.4 Å². The van der Waals surface area contributed by atoms with Gasteiger partial charge in [-0.1, -0.05) is 68.8 Å². The van der Waals surface area contributed by atoms with Crippen molar-refractivity contribution in [3.8, 4) is 0 Å². The average molecular weight is 494 g/mol. The first-order valence-electron chi connectivity index (χ1n) is 12.5. The van der Waals surface area contributed by atoms with E-state index in [-0.39, 0.29) is 29.0 Å². The summed E-state index contributed by atoms with van der Waals surface area (Å²) in [5, 5.41) is 5.86. The van der Waals surface area contributed by atoms with Crippen molar-refractivity contribution in [1.82, 2.24) is 15.5 Å². The van der Waals surface area contributed by atoms with Gasteiger partial charge in [0, 0.05) is 16.9 Å². The van der Waals surface area contributed by atoms with Crippen molar-refractivity contribution in [2.45, 2.75) is 69.2 Å². The highest BCUT2D eigenvalue weighted by molar-refractivity contribution is 8.01. The topological polar surface area (TPSA) is 78.5 Å². The zero-order valence-electron chi connectivity index (χ0n) is 20.9. The number of carbonyl (C=O) groups excluding carboxylic acids is 3. The van der Waals surface area contributed by atoms with Crippen molar-refractivity contribution >= 4 is 29.5 Å². The highest BCUT2D eigenvalue weighted by atomic mass is 32.2. The van der Waals surface area contributed by atoms with Crippen LogP contribution < -0.4 is 10.6 Å². The van der Waals surface area contributed by atoms with Crippen LogP contribution >= 0.6 is 11.8 Å². The smallest absolute Gasteiger partial charge is 0.256 e. The molecule has 7 heteroatoms. The molecule has 0 saturated carbocycles. The highest BCUT2D eigenvalue weighted by Crippen LogP contribution is 2.56. The Morgan fingerprint density at radius 1 is 1.09 bits per heavy atom. The number of hydrogen-bond acceptors (Lipinski definition) is 4. The number of nitrogens with one attached hydrogen (secondary N) is 2. The first-order chi connectivity index (χ1) is 16.7. The number of benzene rings is 2. The Balaban J connectivity index is 1.43. The van der Waals surface area contributed by atoms with Gasteiger partial charge in [-0.2, -0.15) is 0 Å². The summed E-state index contributed by atoms with van der Waals surface area (Å²) in [7, 11) is 0. The molecule has 1 saturated heterocycles. The lowest BCUT2D eigenvalue weighted by molar-refractivity contribution is -0.133. The number of fused-ring (bicyclic) bond motifs is 3. The van der Waals surface area contributed by atoms with Crippen LogP contribution in [0.5, 0.6) is 0 Å². The third-order valence-electron chi connectivity index (χ3n) is 7.12. The van der Waals surface area contributed by atoms with Crippen LogP contribution in [0.3, 0.4) is 0 Å². The third-order valence-corrected chi connectivity index (χ3v) is 8.66. The monoisotopic (exact) mass is 493 g/mol. The summed E-state index contributed by atoms with van der Waals surface area (Å²) in [5.41, 5.74) is 2.86. The molecule has 2 aromatic carbocycles. The Labute approximate surface area is 212 Å². The van der Waals surface area contributed by atoms with Crippen LogP contribution in [0.15, 0.2) is 54.6 Å². The van der Waals surface area contributed by atoms with Crippen LogP contribution in [0, 0.1) is 5.92 Å². The molecule has 6 nitrogen and oxygen atoms in total. The maximum absolute atomic E-state index is 13.7. The van der Waals surface area contributed by atoms with Crippen LogP contribution in [-0.2, 0) is 16.0 Å². The van der Waals surface area contributed by atoms with Gasteiger partial charge in [0.25, 0.3) is 5.91 Å². The van der Waals surface area contributed by atoms with Gasteiger partial charge in [0.05, 0.1) is 0 Å². The number of nitrogens with zero attached hydrogens (tertiary/aromatic N) is 1. The molecule has 2 aliphatic heterocycles. The molecule has 0 aliphatic carbocycles. The molecule has 4 atom stereocenters. The van der Waals surface area contributed by atoms with Gasteiger partial charge in [-0.05, 0) is 49.8 Å². The van der Waals surface area contributed by atoms with Gasteiger partial charge in [0.15, 0.2) is 0 Å². The van der Waals surface area contributed by atoms with Gasteiger partial charge in [0.2, 0.25) is 11.8 Å². The molecule has 35 heavy (non-hydrogen) atoms. The fourth-order valence-electron chi connectivity index (χ4n) is 5.00. The van der Waals surface area contributed by atoms with Crippen molar-refractivity contribution in [2.24, 2.45) is 5.92 Å². The van der Waals surface area contributed by atoms with E-state index < -0.39 is 16.8 Å². The SMILES string of the molecule is CC[C@@H](C)[C@H](NC(=O)[C@H]1N2C(=O)c3ccccc3[C@H]2SC1(C)C)C(=O)NCCCc1ccccc1. The molecular weight excluding hydrogens is 458 g/mol. The number of amides is 3. The minimum atomic E-state index is -0.658. The molecule has 2 N–H and O–H groups in total. The molecule has 2 aromatic rings. The number of aryl methyl sites for hydroxylation is 1. The molecule has 4 rings (SSSR count). The maximum atomic E-state index is 13.7. The predicted molar refractivity (Wildman–Crippen MR) is 140 cm³/mol. The summed E-state index contributed by atoms with van der Waals surface area (Å²) in [6, 6.07) is 16.4. The fraction of sp³-hybridized carbons (Fsp3) is 0.464. The Morgan fingerprint density at radius 3 is 2.49 bits per heavy atom. The first kappa shape index (κ1) is 25.3. The van der Waals surface area contributed by atoms with E-state index in [0.29, 0.717) is 12.1 Å². The molecular formula is C28H35N3O3S. The largest absolute Gasteiger partial charge is 0.354 e. The van der Waals surface area contributed by atoms with Gasteiger partial charge in [-0.15, -0.1) is 11.8 Å². The number of carbonyl (C=O) groups is 3. The number of hydrogen-bond donors (Lipinski definition) is 2. The second-order valence-corrected chi connectivity index (χ2v) is 11.8. The molecule has 1 fully saturated rings. The lowest BCUT2D eigenvalue weighted by Crippen LogP contribution is -2.58. The summed E-state index contributed by atoms with van der Waals surface area (Å²) in [6.45, 7) is 8.53. The van der Waals surface area contributed by atoms with E-state index in [1.165, 1.54) is 5.56 Å². The van der Waals surface area contributed by atoms with Crippen molar-refractivity contribution in [1.29, 1.82) is 0 Å². The van der Waals surface area contributed by atoms with Crippen molar-refractivity contribution in [3.05, 3.63) is 71.3 Å². The Morgan fingerprint density at radius 2 is 1.77 bits per heavy atom. The molecule has 2 aliphatic rings. The van der Waals surface area contributed by atoms with Crippen LogP contribution in [0.2, 0.25) is 0 Å². The average Bonchev–Trinajstić information content (AvgIpc) is 3.29. The maximum Gasteiger partial charge on any atom is 0.256 e. The molecule has 3 amide bonds. The van der Waals surface area contributed by atoms with E-state index in [1.807, 2.05) is 70.2 Å². The number of thioether (sulfide) groups is 1. The van der Waals surface area contributed by atoms with E-state index in [0.717, 1.165) is 24.8 Å². The molecule has 0 radical (unpaired) electrons. The zero-order chi connectivity index (χ0) is 25.2. The van der Waals surface area contributed by atoms with Crippen molar-refractivity contribution in [2.75, 3.05) is 6.54 Å². The van der Waals surface area contributed by atoms with Gasteiger partial charge < -0.3 is 15.5 Å². The van der Waals surface area contributed by atoms with E-state index in [1.54, 1.807) is 16.7 Å². The van der Waals surface area contributed by atoms with Gasteiger partial charge >= 0.3 is 0 Å². The van der Waals surface area contributed by atoms with Gasteiger partial charge in [-0.25, -0.2) is 0 Å². The van der Waals surface area contributed by atoms with E-state index in [4.69, 9.17) is 0 Å². The molecule has 0 unspecified atom stereocenters. The first-order valence-corrected chi connectivity index (χ1v) is 13.3. The predicted octanol–water partition coefficient (Wildman–Crippen LogP) is 4.31. The highest BCUT2D eigenvalue weighted by Gasteiger charge is 2.57. The lowest BCUT2D eigenvalue weighted by atomic mass is 9.95. The summed E-state index contributed by atoms with van der Waals surface area (Å²) in [5.74, 6) is -0.588. The van der Waals surface area contributed by atoms with Gasteiger partial charge in [-0.3, -0.25) is 14.4 Å². The second kappa shape index (κ2) is 10.4. The standard InChI is InChI=1S/C28H35N3O3S/c1-5-18(2)22(24(32)29-17-11-14-19-12-7-6-8-13-19)30-25(33)23-28(3,4)35-27-21-16-10-9-15-20(21)26(34)31(23)27/h6-10,12-13,15-16,18,22-23,27H,5,11,14,17H2,1-4H3,(H,29,32)(H,30,33)/t18-,22+,23-,27-/m1/s1. The Kier molecular flexibility index (Phi) is 7.55. The summed E-state index contributed by atoms with van der Waals surface area (Å²) >= 11 is 1.63. The summed E-state index contributed by atoms with van der Waals surface area (Å²) in [4.78, 5) is 41.7. The minimum Gasteiger partial charge on any atom is -0.354 e. The quantitative estimate of drug-likeness (QED) is 0.510. The summed E-state index contributed by atoms with van der Waals surface area (Å²) in [6.07, 6.45) is 2.46. The molecule has 0 bridgehead atoms. The Bertz CT molecular complexity index is 1090. The van der Waals surface area contributed by atoms with E-state index in [2.05, 4.69) is 22.8 Å². The lowest BCUT2D eigenvalue weighted by Gasteiger charge is -2.32. The normalized spacial score (nSPS) is 21.7. The van der Waals surface area contributed by atoms with Gasteiger partial charge in [0.1, 0.15) is 17.5 Å².